The quantitative estimate of drug-likeness (QED) is 0.296. The fourth-order valence-corrected chi connectivity index (χ4v) is 3.90. The second-order valence-electron chi connectivity index (χ2n) is 7.11. The van der Waals surface area contributed by atoms with E-state index < -0.39 is 0 Å². The highest BCUT2D eigenvalue weighted by molar-refractivity contribution is 14.0. The lowest BCUT2D eigenvalue weighted by atomic mass is 9.87. The number of rotatable bonds is 5. The number of aliphatic imine (C=N–C) groups is 1. The van der Waals surface area contributed by atoms with Crippen molar-refractivity contribution < 1.29 is 9.47 Å². The predicted molar refractivity (Wildman–Crippen MR) is 107 cm³/mol. The summed E-state index contributed by atoms with van der Waals surface area (Å²) in [5, 5.41) is 3.55. The van der Waals surface area contributed by atoms with Crippen molar-refractivity contribution in [3.63, 3.8) is 0 Å². The molecule has 0 aromatic carbocycles. The van der Waals surface area contributed by atoms with Crippen LogP contribution in [0.25, 0.3) is 0 Å². The fourth-order valence-electron chi connectivity index (χ4n) is 3.90. The third kappa shape index (κ3) is 5.44. The van der Waals surface area contributed by atoms with Gasteiger partial charge < -0.3 is 19.7 Å². The molecule has 1 unspecified atom stereocenters. The average Bonchev–Trinajstić information content (AvgIpc) is 3.22. The fraction of sp³-hybridized carbons (Fsp3) is 0.941. The van der Waals surface area contributed by atoms with Gasteiger partial charge in [0, 0.05) is 51.8 Å². The van der Waals surface area contributed by atoms with E-state index in [1.54, 1.807) is 0 Å². The van der Waals surface area contributed by atoms with Gasteiger partial charge in [0.15, 0.2) is 5.96 Å². The van der Waals surface area contributed by atoms with Crippen LogP contribution < -0.4 is 5.32 Å². The van der Waals surface area contributed by atoms with Crippen LogP contribution in [0.1, 0.15) is 25.7 Å². The number of hydrogen-bond donors (Lipinski definition) is 1. The maximum absolute atomic E-state index is 5.61. The van der Waals surface area contributed by atoms with E-state index in [4.69, 9.17) is 9.47 Å². The van der Waals surface area contributed by atoms with Crippen LogP contribution in [-0.4, -0.2) is 88.5 Å². The number of likely N-dealkylation sites (tertiary alicyclic amines) is 1. The number of nitrogens with one attached hydrogen (secondary N) is 1. The van der Waals surface area contributed by atoms with Gasteiger partial charge in [0.25, 0.3) is 0 Å². The second-order valence-corrected chi connectivity index (χ2v) is 7.11. The van der Waals surface area contributed by atoms with Gasteiger partial charge in [-0.2, -0.15) is 0 Å². The lowest BCUT2D eigenvalue weighted by Crippen LogP contribution is -2.42. The lowest BCUT2D eigenvalue weighted by molar-refractivity contribution is 0.0372. The van der Waals surface area contributed by atoms with Crippen molar-refractivity contribution in [3.05, 3.63) is 0 Å². The van der Waals surface area contributed by atoms with E-state index in [0.717, 1.165) is 65.1 Å². The van der Waals surface area contributed by atoms with Gasteiger partial charge in [0.05, 0.1) is 19.8 Å². The number of halogens is 1. The van der Waals surface area contributed by atoms with Crippen LogP contribution in [0.5, 0.6) is 0 Å². The van der Waals surface area contributed by atoms with Gasteiger partial charge in [0.2, 0.25) is 0 Å². The first-order chi connectivity index (χ1) is 11.3. The first-order valence-corrected chi connectivity index (χ1v) is 9.15. The Bertz CT molecular complexity index is 396. The number of guanidine groups is 1. The Balaban J connectivity index is 0.00000208. The number of morpholine rings is 1. The third-order valence-corrected chi connectivity index (χ3v) is 5.42. The molecule has 0 saturated carbocycles. The van der Waals surface area contributed by atoms with Crippen LogP contribution in [0.2, 0.25) is 0 Å². The Morgan fingerprint density at radius 3 is 2.62 bits per heavy atom. The normalized spacial score (nSPS) is 28.4. The van der Waals surface area contributed by atoms with Crippen LogP contribution >= 0.6 is 24.0 Å². The van der Waals surface area contributed by atoms with Crippen molar-refractivity contribution in [1.29, 1.82) is 0 Å². The average molecular weight is 452 g/mol. The molecule has 3 rings (SSSR count). The number of ether oxygens (including phenoxy) is 2. The van der Waals surface area contributed by atoms with Gasteiger partial charge in [-0.3, -0.25) is 9.89 Å². The highest BCUT2D eigenvalue weighted by atomic mass is 127. The molecule has 0 aliphatic carbocycles. The molecule has 3 saturated heterocycles. The Hall–Kier alpha value is -0.120. The number of hydrogen-bond acceptors (Lipinski definition) is 4. The van der Waals surface area contributed by atoms with Gasteiger partial charge in [-0.1, -0.05) is 0 Å². The minimum Gasteiger partial charge on any atom is -0.381 e. The van der Waals surface area contributed by atoms with E-state index in [1.165, 1.54) is 32.2 Å². The zero-order valence-electron chi connectivity index (χ0n) is 15.0. The Morgan fingerprint density at radius 2 is 1.92 bits per heavy atom. The number of nitrogens with zero attached hydrogens (tertiary/aromatic N) is 3. The monoisotopic (exact) mass is 452 g/mol. The standard InChI is InChI=1S/C17H32N4O2.HI/c1-18-16(21-8-4-17(14-21)5-11-23-15-17)19-6-2-3-7-20-9-12-22-13-10-20;/h2-15H2,1H3,(H,18,19);1H. The summed E-state index contributed by atoms with van der Waals surface area (Å²) in [5.74, 6) is 1.07. The molecule has 3 aliphatic rings. The first kappa shape index (κ1) is 20.2. The molecular weight excluding hydrogens is 419 g/mol. The summed E-state index contributed by atoms with van der Waals surface area (Å²) in [6.07, 6.45) is 4.88. The molecule has 0 amide bonds. The maximum Gasteiger partial charge on any atom is 0.193 e. The van der Waals surface area contributed by atoms with Gasteiger partial charge in [-0.15, -0.1) is 24.0 Å². The minimum absolute atomic E-state index is 0. The summed E-state index contributed by atoms with van der Waals surface area (Å²) in [7, 11) is 1.90. The van der Waals surface area contributed by atoms with Crippen LogP contribution in [0.3, 0.4) is 0 Å². The molecule has 1 atom stereocenters. The van der Waals surface area contributed by atoms with Gasteiger partial charge in [-0.25, -0.2) is 0 Å². The largest absolute Gasteiger partial charge is 0.381 e. The predicted octanol–water partition coefficient (Wildman–Crippen LogP) is 1.40. The van der Waals surface area contributed by atoms with Crippen LogP contribution in [0, 0.1) is 5.41 Å². The van der Waals surface area contributed by atoms with Crippen molar-refractivity contribution in [1.82, 2.24) is 15.1 Å². The van der Waals surface area contributed by atoms with E-state index in [9.17, 15) is 0 Å². The van der Waals surface area contributed by atoms with Crippen molar-refractivity contribution in [3.8, 4) is 0 Å². The molecule has 1 spiro atoms. The van der Waals surface area contributed by atoms with E-state index in [-0.39, 0.29) is 24.0 Å². The highest BCUT2D eigenvalue weighted by Gasteiger charge is 2.42. The number of unbranched alkanes of at least 4 members (excludes halogenated alkanes) is 1. The summed E-state index contributed by atoms with van der Waals surface area (Å²) in [6.45, 7) is 10.2. The molecule has 24 heavy (non-hydrogen) atoms. The van der Waals surface area contributed by atoms with Crippen molar-refractivity contribution >= 4 is 29.9 Å². The van der Waals surface area contributed by atoms with E-state index in [1.807, 2.05) is 7.05 Å². The molecule has 140 valence electrons. The molecular formula is C17H33IN4O2. The highest BCUT2D eigenvalue weighted by Crippen LogP contribution is 2.38. The van der Waals surface area contributed by atoms with Gasteiger partial charge in [0.1, 0.15) is 0 Å². The van der Waals surface area contributed by atoms with Crippen molar-refractivity contribution in [2.45, 2.75) is 25.7 Å². The lowest BCUT2D eigenvalue weighted by Gasteiger charge is -2.27. The molecule has 1 N–H and O–H groups in total. The SMILES string of the molecule is CN=C(NCCCCN1CCOCC1)N1CCC2(CCOC2)C1.I. The molecule has 0 aromatic heterocycles. The van der Waals surface area contributed by atoms with Crippen LogP contribution in [0.4, 0.5) is 0 Å². The molecule has 0 aromatic rings. The van der Waals surface area contributed by atoms with E-state index in [2.05, 4.69) is 20.1 Å². The summed E-state index contributed by atoms with van der Waals surface area (Å²) in [5.41, 5.74) is 0.397. The molecule has 3 heterocycles. The Morgan fingerprint density at radius 1 is 1.08 bits per heavy atom. The molecule has 0 radical (unpaired) electrons. The van der Waals surface area contributed by atoms with Crippen LogP contribution in [-0.2, 0) is 9.47 Å². The molecule has 0 bridgehead atoms. The van der Waals surface area contributed by atoms with Crippen molar-refractivity contribution in [2.24, 2.45) is 10.4 Å². The zero-order chi connectivity index (χ0) is 16.0. The summed E-state index contributed by atoms with van der Waals surface area (Å²) in [6, 6.07) is 0. The second kappa shape index (κ2) is 10.1. The van der Waals surface area contributed by atoms with Gasteiger partial charge >= 0.3 is 0 Å². The Labute approximate surface area is 163 Å². The van der Waals surface area contributed by atoms with E-state index in [0.29, 0.717) is 5.41 Å². The minimum atomic E-state index is 0. The van der Waals surface area contributed by atoms with Crippen LogP contribution in [0.15, 0.2) is 4.99 Å². The topological polar surface area (TPSA) is 49.3 Å². The summed E-state index contributed by atoms with van der Waals surface area (Å²) in [4.78, 5) is 9.39. The molecule has 3 fully saturated rings. The maximum atomic E-state index is 5.61. The summed E-state index contributed by atoms with van der Waals surface area (Å²) < 4.78 is 11.0. The van der Waals surface area contributed by atoms with E-state index >= 15 is 0 Å². The zero-order valence-corrected chi connectivity index (χ0v) is 17.3. The van der Waals surface area contributed by atoms with Crippen molar-refractivity contribution in [2.75, 3.05) is 72.7 Å². The molecule has 6 nitrogen and oxygen atoms in total. The molecule has 7 heteroatoms. The first-order valence-electron chi connectivity index (χ1n) is 9.15. The Kier molecular flexibility index (Phi) is 8.53. The smallest absolute Gasteiger partial charge is 0.193 e. The summed E-state index contributed by atoms with van der Waals surface area (Å²) >= 11 is 0. The van der Waals surface area contributed by atoms with Gasteiger partial charge in [-0.05, 0) is 32.2 Å². The third-order valence-electron chi connectivity index (χ3n) is 5.42. The molecule has 3 aliphatic heterocycles.